The number of halogens is 4. The standard InChI is InChI=1S/C15H12BrF3N2O2/c16-9-1-2-10-8(5-9)3-4-20-13(10)21-6-11(14(22)23)12(7-21)15(17,18)19/h1-5,11-12H,6-7H2,(H,22,23)/t11-,12-/m1/s1. The van der Waals surface area contributed by atoms with Gasteiger partial charge in [-0.25, -0.2) is 4.98 Å². The quantitative estimate of drug-likeness (QED) is 0.851. The molecule has 3 rings (SSSR count). The minimum absolute atomic E-state index is 0.207. The molecule has 0 amide bonds. The zero-order valence-electron chi connectivity index (χ0n) is 11.7. The number of fused-ring (bicyclic) bond motifs is 1. The van der Waals surface area contributed by atoms with Crippen LogP contribution in [0.25, 0.3) is 10.8 Å². The number of hydrogen-bond acceptors (Lipinski definition) is 3. The second-order valence-corrected chi connectivity index (χ2v) is 6.41. The summed E-state index contributed by atoms with van der Waals surface area (Å²) in [6.45, 7) is -0.607. The summed E-state index contributed by atoms with van der Waals surface area (Å²) in [6, 6.07) is 7.14. The summed E-state index contributed by atoms with van der Waals surface area (Å²) in [5, 5.41) is 10.6. The van der Waals surface area contributed by atoms with Crippen molar-refractivity contribution in [3.8, 4) is 0 Å². The van der Waals surface area contributed by atoms with Crippen LogP contribution < -0.4 is 4.90 Å². The van der Waals surface area contributed by atoms with Gasteiger partial charge in [0.25, 0.3) is 0 Å². The Hall–Kier alpha value is -1.83. The predicted octanol–water partition coefficient (Wildman–Crippen LogP) is 3.70. The maximum atomic E-state index is 13.1. The maximum absolute atomic E-state index is 13.1. The first-order chi connectivity index (χ1) is 10.8. The van der Waals surface area contributed by atoms with Crippen molar-refractivity contribution in [3.05, 3.63) is 34.9 Å². The molecule has 0 bridgehead atoms. The van der Waals surface area contributed by atoms with E-state index in [9.17, 15) is 18.0 Å². The zero-order valence-corrected chi connectivity index (χ0v) is 13.3. The summed E-state index contributed by atoms with van der Waals surface area (Å²) in [6.07, 6.45) is -3.04. The highest BCUT2D eigenvalue weighted by molar-refractivity contribution is 9.10. The molecular weight excluding hydrogens is 377 g/mol. The molecule has 1 fully saturated rings. The van der Waals surface area contributed by atoms with Gasteiger partial charge in [-0.05, 0) is 29.7 Å². The number of carbonyl (C=O) groups is 1. The third kappa shape index (κ3) is 2.99. The van der Waals surface area contributed by atoms with Crippen molar-refractivity contribution in [3.63, 3.8) is 0 Å². The van der Waals surface area contributed by atoms with E-state index in [4.69, 9.17) is 5.11 Å². The van der Waals surface area contributed by atoms with E-state index >= 15 is 0 Å². The molecule has 2 heterocycles. The Morgan fingerprint density at radius 2 is 2.04 bits per heavy atom. The first-order valence-electron chi connectivity index (χ1n) is 6.86. The van der Waals surface area contributed by atoms with Crippen LogP contribution in [0.1, 0.15) is 0 Å². The molecule has 1 aliphatic heterocycles. The van der Waals surface area contributed by atoms with Crippen LogP contribution in [0.3, 0.4) is 0 Å². The Bertz CT molecular complexity index is 766. The lowest BCUT2D eigenvalue weighted by molar-refractivity contribution is -0.187. The maximum Gasteiger partial charge on any atom is 0.394 e. The van der Waals surface area contributed by atoms with E-state index < -0.39 is 30.5 Å². The Kier molecular flexibility index (Phi) is 3.95. The van der Waals surface area contributed by atoms with Gasteiger partial charge >= 0.3 is 12.1 Å². The fourth-order valence-corrected chi connectivity index (χ4v) is 3.32. The monoisotopic (exact) mass is 388 g/mol. The average Bonchev–Trinajstić information content (AvgIpc) is 2.91. The number of aromatic nitrogens is 1. The van der Waals surface area contributed by atoms with Crippen LogP contribution >= 0.6 is 15.9 Å². The van der Waals surface area contributed by atoms with Crippen molar-refractivity contribution in [2.75, 3.05) is 18.0 Å². The van der Waals surface area contributed by atoms with E-state index in [1.165, 1.54) is 11.1 Å². The third-order valence-corrected chi connectivity index (χ3v) is 4.56. The van der Waals surface area contributed by atoms with Gasteiger partial charge < -0.3 is 10.0 Å². The molecule has 1 aromatic heterocycles. The minimum atomic E-state index is -4.55. The van der Waals surface area contributed by atoms with Crippen molar-refractivity contribution in [1.82, 2.24) is 4.98 Å². The first kappa shape index (κ1) is 16.0. The second-order valence-electron chi connectivity index (χ2n) is 5.50. The van der Waals surface area contributed by atoms with Gasteiger partial charge in [-0.1, -0.05) is 15.9 Å². The molecule has 1 aliphatic rings. The Morgan fingerprint density at radius 1 is 1.30 bits per heavy atom. The lowest BCUT2D eigenvalue weighted by Crippen LogP contribution is -2.33. The number of hydrogen-bond donors (Lipinski definition) is 1. The minimum Gasteiger partial charge on any atom is -0.481 e. The van der Waals surface area contributed by atoms with Gasteiger partial charge in [0.15, 0.2) is 0 Å². The molecule has 8 heteroatoms. The van der Waals surface area contributed by atoms with E-state index in [0.717, 1.165) is 9.86 Å². The molecule has 1 aromatic carbocycles. The highest BCUT2D eigenvalue weighted by atomic mass is 79.9. The highest BCUT2D eigenvalue weighted by Crippen LogP contribution is 2.40. The van der Waals surface area contributed by atoms with Crippen molar-refractivity contribution >= 4 is 38.5 Å². The van der Waals surface area contributed by atoms with Gasteiger partial charge in [0.2, 0.25) is 0 Å². The molecule has 0 radical (unpaired) electrons. The third-order valence-electron chi connectivity index (χ3n) is 4.06. The second kappa shape index (κ2) is 5.67. The number of carboxylic acids is 1. The molecule has 2 atom stereocenters. The SMILES string of the molecule is O=C(O)[C@@H]1CN(c2nccc3cc(Br)ccc23)C[C@H]1C(F)(F)F. The number of alkyl halides is 3. The van der Waals surface area contributed by atoms with Gasteiger partial charge in [0.05, 0.1) is 11.8 Å². The van der Waals surface area contributed by atoms with Crippen LogP contribution in [0.2, 0.25) is 0 Å². The number of pyridine rings is 1. The zero-order chi connectivity index (χ0) is 16.8. The van der Waals surface area contributed by atoms with Crippen molar-refractivity contribution < 1.29 is 23.1 Å². The predicted molar refractivity (Wildman–Crippen MR) is 82.3 cm³/mol. The lowest BCUT2D eigenvalue weighted by Gasteiger charge is -2.20. The van der Waals surface area contributed by atoms with Crippen LogP contribution in [0.4, 0.5) is 19.0 Å². The largest absolute Gasteiger partial charge is 0.481 e. The Morgan fingerprint density at radius 3 is 2.65 bits per heavy atom. The molecule has 4 nitrogen and oxygen atoms in total. The molecule has 0 saturated carbocycles. The average molecular weight is 389 g/mol. The fourth-order valence-electron chi connectivity index (χ4n) is 2.94. The summed E-state index contributed by atoms with van der Waals surface area (Å²) >= 11 is 3.34. The normalized spacial score (nSPS) is 21.8. The molecule has 1 saturated heterocycles. The Labute approximate surface area is 138 Å². The van der Waals surface area contributed by atoms with Gasteiger partial charge in [-0.15, -0.1) is 0 Å². The molecule has 0 aliphatic carbocycles. The number of nitrogens with zero attached hydrogens (tertiary/aromatic N) is 2. The molecule has 0 spiro atoms. The van der Waals surface area contributed by atoms with Crippen molar-refractivity contribution in [2.45, 2.75) is 6.18 Å². The first-order valence-corrected chi connectivity index (χ1v) is 7.65. The highest BCUT2D eigenvalue weighted by Gasteiger charge is 2.53. The van der Waals surface area contributed by atoms with Crippen LogP contribution in [0, 0.1) is 11.8 Å². The Balaban J connectivity index is 2.02. The number of rotatable bonds is 2. The van der Waals surface area contributed by atoms with E-state index in [2.05, 4.69) is 20.9 Å². The number of carboxylic acid groups (broad SMARTS) is 1. The number of anilines is 1. The summed E-state index contributed by atoms with van der Waals surface area (Å²) < 4.78 is 40.2. The van der Waals surface area contributed by atoms with Crippen molar-refractivity contribution in [1.29, 1.82) is 0 Å². The van der Waals surface area contributed by atoms with Gasteiger partial charge in [-0.2, -0.15) is 13.2 Å². The molecule has 2 aromatic rings. The fraction of sp³-hybridized carbons (Fsp3) is 0.333. The van der Waals surface area contributed by atoms with Crippen LogP contribution in [-0.4, -0.2) is 35.3 Å². The topological polar surface area (TPSA) is 53.4 Å². The summed E-state index contributed by atoms with van der Waals surface area (Å²) in [5.74, 6) is -4.43. The summed E-state index contributed by atoms with van der Waals surface area (Å²) in [4.78, 5) is 16.8. The van der Waals surface area contributed by atoms with E-state index in [1.54, 1.807) is 18.2 Å². The van der Waals surface area contributed by atoms with Crippen LogP contribution in [0.15, 0.2) is 34.9 Å². The van der Waals surface area contributed by atoms with Gasteiger partial charge in [0.1, 0.15) is 5.82 Å². The van der Waals surface area contributed by atoms with E-state index in [-0.39, 0.29) is 6.54 Å². The van der Waals surface area contributed by atoms with E-state index in [0.29, 0.717) is 11.2 Å². The van der Waals surface area contributed by atoms with Gasteiger partial charge in [0, 0.05) is 29.1 Å². The lowest BCUT2D eigenvalue weighted by atomic mass is 9.96. The number of aliphatic carboxylic acids is 1. The van der Waals surface area contributed by atoms with Crippen LogP contribution in [-0.2, 0) is 4.79 Å². The van der Waals surface area contributed by atoms with Crippen LogP contribution in [0.5, 0.6) is 0 Å². The summed E-state index contributed by atoms with van der Waals surface area (Å²) in [5.41, 5.74) is 0. The molecule has 122 valence electrons. The molecule has 23 heavy (non-hydrogen) atoms. The number of benzene rings is 1. The van der Waals surface area contributed by atoms with E-state index in [1.807, 2.05) is 6.07 Å². The molecule has 1 N–H and O–H groups in total. The smallest absolute Gasteiger partial charge is 0.394 e. The van der Waals surface area contributed by atoms with Crippen molar-refractivity contribution in [2.24, 2.45) is 11.8 Å². The van der Waals surface area contributed by atoms with Gasteiger partial charge in [-0.3, -0.25) is 4.79 Å². The molecular formula is C15H12BrF3N2O2. The summed E-state index contributed by atoms with van der Waals surface area (Å²) in [7, 11) is 0. The molecule has 0 unspecified atom stereocenters.